The molecular weight excluding hydrogens is 337 g/mol. The molecule has 0 aliphatic carbocycles. The lowest BCUT2D eigenvalue weighted by Crippen LogP contribution is -2.24. The van der Waals surface area contributed by atoms with E-state index in [1.54, 1.807) is 36.4 Å². The Labute approximate surface area is 143 Å². The number of carbonyl (C=O) groups is 2. The summed E-state index contributed by atoms with van der Waals surface area (Å²) in [5, 5.41) is 3.81. The van der Waals surface area contributed by atoms with E-state index in [1.165, 1.54) is 0 Å². The molecule has 6 heteroatoms. The first kappa shape index (κ1) is 15.8. The summed E-state index contributed by atoms with van der Waals surface area (Å²) in [6.07, 6.45) is -0.465. The molecule has 1 heterocycles. The number of amides is 1. The van der Waals surface area contributed by atoms with Gasteiger partial charge in [0.1, 0.15) is 6.10 Å². The van der Waals surface area contributed by atoms with E-state index in [-0.39, 0.29) is 24.8 Å². The first-order chi connectivity index (χ1) is 11.0. The molecule has 0 saturated heterocycles. The first-order valence-electron chi connectivity index (χ1n) is 7.05. The van der Waals surface area contributed by atoms with Gasteiger partial charge in [0, 0.05) is 22.2 Å². The van der Waals surface area contributed by atoms with E-state index in [2.05, 4.69) is 5.32 Å². The number of hydrogen-bond donors (Lipinski definition) is 1. The second kappa shape index (κ2) is 6.60. The van der Waals surface area contributed by atoms with Crippen LogP contribution >= 0.6 is 23.2 Å². The van der Waals surface area contributed by atoms with Crippen molar-refractivity contribution < 1.29 is 14.3 Å². The summed E-state index contributed by atoms with van der Waals surface area (Å²) >= 11 is 11.9. The standard InChI is InChI=1S/C17H13Cl2NO3/c18-11-6-5-10(14(19)7-11)9-20-16(21)8-15-12-3-1-2-4-13(12)17(22)23-15/h1-7,15H,8-9H2,(H,20,21)/t15-/m1/s1. The van der Waals surface area contributed by atoms with E-state index in [4.69, 9.17) is 27.9 Å². The Bertz CT molecular complexity index is 776. The van der Waals surface area contributed by atoms with Gasteiger partial charge in [0.05, 0.1) is 12.0 Å². The molecule has 1 aliphatic rings. The molecule has 0 unspecified atom stereocenters. The molecule has 118 valence electrons. The molecule has 0 saturated carbocycles. The minimum absolute atomic E-state index is 0.0773. The Hall–Kier alpha value is -2.04. The zero-order chi connectivity index (χ0) is 16.4. The summed E-state index contributed by atoms with van der Waals surface area (Å²) in [5.41, 5.74) is 2.04. The van der Waals surface area contributed by atoms with Crippen LogP contribution < -0.4 is 5.32 Å². The third kappa shape index (κ3) is 3.49. The Kier molecular flexibility index (Phi) is 4.55. The first-order valence-corrected chi connectivity index (χ1v) is 7.80. The molecule has 2 aromatic rings. The fraction of sp³-hybridized carbons (Fsp3) is 0.176. The van der Waals surface area contributed by atoms with Gasteiger partial charge in [-0.1, -0.05) is 47.5 Å². The third-order valence-corrected chi connectivity index (χ3v) is 4.23. The highest BCUT2D eigenvalue weighted by Crippen LogP contribution is 2.32. The monoisotopic (exact) mass is 349 g/mol. The average Bonchev–Trinajstić information content (AvgIpc) is 2.83. The Balaban J connectivity index is 1.61. The van der Waals surface area contributed by atoms with E-state index in [1.807, 2.05) is 6.07 Å². The molecular formula is C17H13Cl2NO3. The van der Waals surface area contributed by atoms with Gasteiger partial charge in [0.25, 0.3) is 0 Å². The maximum Gasteiger partial charge on any atom is 0.339 e. The molecule has 0 aromatic heterocycles. The summed E-state index contributed by atoms with van der Waals surface area (Å²) in [5.74, 6) is -0.607. The van der Waals surface area contributed by atoms with Crippen molar-refractivity contribution in [3.63, 3.8) is 0 Å². The number of rotatable bonds is 4. The van der Waals surface area contributed by atoms with Gasteiger partial charge in [-0.3, -0.25) is 4.79 Å². The van der Waals surface area contributed by atoms with Gasteiger partial charge in [-0.25, -0.2) is 4.79 Å². The Morgan fingerprint density at radius 2 is 1.96 bits per heavy atom. The number of cyclic esters (lactones) is 1. The van der Waals surface area contributed by atoms with Gasteiger partial charge in [-0.15, -0.1) is 0 Å². The van der Waals surface area contributed by atoms with E-state index < -0.39 is 6.10 Å². The fourth-order valence-corrected chi connectivity index (χ4v) is 2.95. The molecule has 0 bridgehead atoms. The highest BCUT2D eigenvalue weighted by atomic mass is 35.5. The molecule has 1 aliphatic heterocycles. The minimum Gasteiger partial charge on any atom is -0.453 e. The molecule has 1 atom stereocenters. The van der Waals surface area contributed by atoms with Crippen LogP contribution in [0.3, 0.4) is 0 Å². The van der Waals surface area contributed by atoms with Gasteiger partial charge >= 0.3 is 5.97 Å². The maximum atomic E-state index is 12.1. The zero-order valence-electron chi connectivity index (χ0n) is 12.0. The van der Waals surface area contributed by atoms with Crippen LogP contribution in [0.1, 0.15) is 34.0 Å². The van der Waals surface area contributed by atoms with Gasteiger partial charge in [-0.05, 0) is 23.8 Å². The van der Waals surface area contributed by atoms with Crippen molar-refractivity contribution in [3.05, 3.63) is 69.2 Å². The molecule has 3 rings (SSSR count). The normalized spacial score (nSPS) is 15.9. The second-order valence-corrected chi connectivity index (χ2v) is 6.04. The summed E-state index contributed by atoms with van der Waals surface area (Å²) in [7, 11) is 0. The highest BCUT2D eigenvalue weighted by Gasteiger charge is 2.31. The predicted octanol–water partition coefficient (Wildman–Crippen LogP) is 3.91. The number of fused-ring (bicyclic) bond motifs is 1. The Morgan fingerprint density at radius 1 is 1.17 bits per heavy atom. The molecule has 0 radical (unpaired) electrons. The summed E-state index contributed by atoms with van der Waals surface area (Å²) in [6.45, 7) is 0.289. The summed E-state index contributed by atoms with van der Waals surface area (Å²) < 4.78 is 5.25. The van der Waals surface area contributed by atoms with Crippen molar-refractivity contribution in [2.75, 3.05) is 0 Å². The predicted molar refractivity (Wildman–Crippen MR) is 87.5 cm³/mol. The van der Waals surface area contributed by atoms with Crippen molar-refractivity contribution in [3.8, 4) is 0 Å². The van der Waals surface area contributed by atoms with Crippen LogP contribution in [0.5, 0.6) is 0 Å². The lowest BCUT2D eigenvalue weighted by Gasteiger charge is -2.11. The number of esters is 1. The lowest BCUT2D eigenvalue weighted by molar-refractivity contribution is -0.123. The largest absolute Gasteiger partial charge is 0.453 e. The van der Waals surface area contributed by atoms with Crippen LogP contribution in [0.2, 0.25) is 10.0 Å². The van der Waals surface area contributed by atoms with Gasteiger partial charge in [-0.2, -0.15) is 0 Å². The topological polar surface area (TPSA) is 55.4 Å². The smallest absolute Gasteiger partial charge is 0.339 e. The van der Waals surface area contributed by atoms with E-state index in [9.17, 15) is 9.59 Å². The molecule has 0 spiro atoms. The van der Waals surface area contributed by atoms with Crippen LogP contribution in [-0.2, 0) is 16.1 Å². The lowest BCUT2D eigenvalue weighted by atomic mass is 10.0. The third-order valence-electron chi connectivity index (χ3n) is 3.64. The molecule has 4 nitrogen and oxygen atoms in total. The summed E-state index contributed by atoms with van der Waals surface area (Å²) in [4.78, 5) is 23.8. The van der Waals surface area contributed by atoms with Crippen LogP contribution in [0.15, 0.2) is 42.5 Å². The van der Waals surface area contributed by atoms with E-state index in [0.717, 1.165) is 11.1 Å². The van der Waals surface area contributed by atoms with E-state index >= 15 is 0 Å². The van der Waals surface area contributed by atoms with Gasteiger partial charge in [0.15, 0.2) is 0 Å². The molecule has 23 heavy (non-hydrogen) atoms. The van der Waals surface area contributed by atoms with Crippen LogP contribution in [0.25, 0.3) is 0 Å². The maximum absolute atomic E-state index is 12.1. The highest BCUT2D eigenvalue weighted by molar-refractivity contribution is 6.35. The number of carbonyl (C=O) groups excluding carboxylic acids is 2. The molecule has 2 aromatic carbocycles. The van der Waals surface area contributed by atoms with Crippen molar-refractivity contribution in [2.45, 2.75) is 19.1 Å². The van der Waals surface area contributed by atoms with Crippen molar-refractivity contribution in [1.82, 2.24) is 5.32 Å². The van der Waals surface area contributed by atoms with Gasteiger partial charge < -0.3 is 10.1 Å². The van der Waals surface area contributed by atoms with Crippen LogP contribution in [-0.4, -0.2) is 11.9 Å². The van der Waals surface area contributed by atoms with Crippen LogP contribution in [0.4, 0.5) is 0 Å². The zero-order valence-corrected chi connectivity index (χ0v) is 13.5. The van der Waals surface area contributed by atoms with Crippen molar-refractivity contribution >= 4 is 35.1 Å². The van der Waals surface area contributed by atoms with Gasteiger partial charge in [0.2, 0.25) is 5.91 Å². The second-order valence-electron chi connectivity index (χ2n) is 5.20. The number of benzene rings is 2. The minimum atomic E-state index is -0.542. The molecule has 0 fully saturated rings. The molecule has 1 N–H and O–H groups in total. The number of ether oxygens (including phenoxy) is 1. The van der Waals surface area contributed by atoms with Crippen LogP contribution in [0, 0.1) is 0 Å². The average molecular weight is 350 g/mol. The van der Waals surface area contributed by atoms with Crippen molar-refractivity contribution in [1.29, 1.82) is 0 Å². The van der Waals surface area contributed by atoms with E-state index in [0.29, 0.717) is 15.6 Å². The number of hydrogen-bond acceptors (Lipinski definition) is 3. The number of halogens is 2. The molecule has 1 amide bonds. The summed E-state index contributed by atoms with van der Waals surface area (Å²) in [6, 6.07) is 12.2. The van der Waals surface area contributed by atoms with Crippen molar-refractivity contribution in [2.24, 2.45) is 0 Å². The fourth-order valence-electron chi connectivity index (χ4n) is 2.47. The quantitative estimate of drug-likeness (QED) is 0.851. The number of nitrogens with one attached hydrogen (secondary N) is 1. The SMILES string of the molecule is O=C(C[C@H]1OC(=O)c2ccccc21)NCc1ccc(Cl)cc1Cl. The Morgan fingerprint density at radius 3 is 2.74 bits per heavy atom.